The summed E-state index contributed by atoms with van der Waals surface area (Å²) in [6.45, 7) is 8.53. The summed E-state index contributed by atoms with van der Waals surface area (Å²) in [4.78, 5) is 17.1. The number of aromatic hydroxyl groups is 1. The highest BCUT2D eigenvalue weighted by molar-refractivity contribution is 6.31. The van der Waals surface area contributed by atoms with Crippen LogP contribution in [-0.2, 0) is 17.9 Å². The third kappa shape index (κ3) is 7.94. The lowest BCUT2D eigenvalue weighted by atomic mass is 9.88. The normalized spacial score (nSPS) is 19.1. The number of carbonyl (C=O) groups is 1. The summed E-state index contributed by atoms with van der Waals surface area (Å²) in [5.74, 6) is 0.636. The molecule has 6 nitrogen and oxygen atoms in total. The number of hydrogen-bond donors (Lipinski definition) is 3. The van der Waals surface area contributed by atoms with E-state index in [1.165, 1.54) is 42.5 Å². The zero-order chi connectivity index (χ0) is 25.4. The van der Waals surface area contributed by atoms with Crippen molar-refractivity contribution >= 4 is 23.2 Å². The van der Waals surface area contributed by atoms with Crippen molar-refractivity contribution in [3.63, 3.8) is 0 Å². The summed E-state index contributed by atoms with van der Waals surface area (Å²) < 4.78 is 0. The topological polar surface area (TPSA) is 76.0 Å². The highest BCUT2D eigenvalue weighted by Crippen LogP contribution is 2.28. The lowest BCUT2D eigenvalue weighted by molar-refractivity contribution is -0.123. The van der Waals surface area contributed by atoms with Gasteiger partial charge in [-0.25, -0.2) is 0 Å². The molecule has 1 saturated heterocycles. The van der Waals surface area contributed by atoms with Crippen LogP contribution in [0.15, 0.2) is 36.4 Å². The van der Waals surface area contributed by atoms with Crippen LogP contribution in [0.5, 0.6) is 5.75 Å². The number of nitrogens with one attached hydrogen (secondary N) is 1. The number of phenols is 1. The van der Waals surface area contributed by atoms with Gasteiger partial charge in [0, 0.05) is 55.9 Å². The largest absolute Gasteiger partial charge is 0.508 e. The zero-order valence-electron chi connectivity index (χ0n) is 21.3. The molecule has 0 aromatic heterocycles. The number of anilines is 1. The quantitative estimate of drug-likeness (QED) is 0.545. The molecular weight excluding hydrogens is 462 g/mol. The lowest BCUT2D eigenvalue weighted by Gasteiger charge is -2.32. The van der Waals surface area contributed by atoms with Gasteiger partial charge in [0.25, 0.3) is 0 Å². The standard InChI is InChI=1S/C21H33N3O.C7H7ClO2/c1-16-13-20(23(3)21(25)18-7-5-4-6-8-18)10-9-19(16)15-24-12-11-22-17(2)14-24;8-7-2-1-6(10)3-5(7)4-9/h9-10,13,17-18,22H,4-8,11-12,14-15H2,1-3H3;1-3,9-10H,4H2/t17-;/m0./s1. The van der Waals surface area contributed by atoms with E-state index in [9.17, 15) is 4.79 Å². The van der Waals surface area contributed by atoms with Crippen LogP contribution in [0.25, 0.3) is 0 Å². The van der Waals surface area contributed by atoms with E-state index in [1.807, 2.05) is 11.9 Å². The number of piperazine rings is 1. The third-order valence-electron chi connectivity index (χ3n) is 7.04. The predicted octanol–water partition coefficient (Wildman–Crippen LogP) is 4.87. The van der Waals surface area contributed by atoms with E-state index in [4.69, 9.17) is 21.8 Å². The van der Waals surface area contributed by atoms with Crippen LogP contribution in [0.4, 0.5) is 5.69 Å². The minimum atomic E-state index is -0.146. The van der Waals surface area contributed by atoms with Gasteiger partial charge in [-0.2, -0.15) is 0 Å². The van der Waals surface area contributed by atoms with Gasteiger partial charge in [0.1, 0.15) is 5.75 Å². The number of phenolic OH excluding ortho intramolecular Hbond substituents is 1. The van der Waals surface area contributed by atoms with Crippen molar-refractivity contribution in [3.8, 4) is 5.75 Å². The first-order valence-corrected chi connectivity index (χ1v) is 13.1. The number of carbonyl (C=O) groups excluding carboxylic acids is 1. The first-order chi connectivity index (χ1) is 16.8. The number of benzene rings is 2. The molecule has 2 fully saturated rings. The molecule has 1 saturated carbocycles. The third-order valence-corrected chi connectivity index (χ3v) is 7.41. The van der Waals surface area contributed by atoms with E-state index in [0.29, 0.717) is 22.5 Å². The van der Waals surface area contributed by atoms with Gasteiger partial charge in [-0.3, -0.25) is 9.69 Å². The Morgan fingerprint density at radius 1 is 1.14 bits per heavy atom. The minimum absolute atomic E-state index is 0.119. The van der Waals surface area contributed by atoms with E-state index in [1.54, 1.807) is 6.07 Å². The van der Waals surface area contributed by atoms with E-state index in [2.05, 4.69) is 42.3 Å². The molecule has 0 unspecified atom stereocenters. The fourth-order valence-electron chi connectivity index (χ4n) is 4.90. The van der Waals surface area contributed by atoms with Crippen LogP contribution in [0, 0.1) is 12.8 Å². The summed E-state index contributed by atoms with van der Waals surface area (Å²) in [5.41, 5.74) is 4.23. The average Bonchev–Trinajstić information content (AvgIpc) is 2.87. The number of aliphatic hydroxyl groups is 1. The molecule has 1 heterocycles. The van der Waals surface area contributed by atoms with Crippen LogP contribution in [0.2, 0.25) is 5.02 Å². The van der Waals surface area contributed by atoms with Crippen LogP contribution < -0.4 is 10.2 Å². The van der Waals surface area contributed by atoms with Crippen molar-refractivity contribution < 1.29 is 15.0 Å². The Balaban J connectivity index is 0.000000287. The van der Waals surface area contributed by atoms with E-state index < -0.39 is 0 Å². The highest BCUT2D eigenvalue weighted by Gasteiger charge is 2.25. The van der Waals surface area contributed by atoms with Gasteiger partial charge in [-0.1, -0.05) is 36.9 Å². The lowest BCUT2D eigenvalue weighted by Crippen LogP contribution is -2.48. The molecule has 0 spiro atoms. The summed E-state index contributed by atoms with van der Waals surface area (Å²) >= 11 is 5.63. The van der Waals surface area contributed by atoms with E-state index in [-0.39, 0.29) is 18.3 Å². The van der Waals surface area contributed by atoms with Crippen molar-refractivity contribution in [2.45, 2.75) is 65.1 Å². The molecular formula is C28H40ClN3O3. The van der Waals surface area contributed by atoms with Crippen molar-refractivity contribution in [2.24, 2.45) is 5.92 Å². The van der Waals surface area contributed by atoms with Crippen molar-refractivity contribution in [1.82, 2.24) is 10.2 Å². The van der Waals surface area contributed by atoms with Crippen molar-refractivity contribution in [2.75, 3.05) is 31.6 Å². The molecule has 2 aromatic carbocycles. The monoisotopic (exact) mass is 501 g/mol. The molecule has 0 bridgehead atoms. The Labute approximate surface area is 214 Å². The van der Waals surface area contributed by atoms with Crippen LogP contribution >= 0.6 is 11.6 Å². The van der Waals surface area contributed by atoms with Gasteiger partial charge in [0.2, 0.25) is 5.91 Å². The van der Waals surface area contributed by atoms with Crippen LogP contribution in [-0.4, -0.2) is 53.7 Å². The number of amides is 1. The molecule has 1 aliphatic carbocycles. The van der Waals surface area contributed by atoms with Crippen molar-refractivity contribution in [1.29, 1.82) is 0 Å². The van der Waals surface area contributed by atoms with Gasteiger partial charge in [0.05, 0.1) is 6.61 Å². The Bertz CT molecular complexity index is 978. The fourth-order valence-corrected chi connectivity index (χ4v) is 5.07. The first-order valence-electron chi connectivity index (χ1n) is 12.7. The summed E-state index contributed by atoms with van der Waals surface area (Å²) in [6, 6.07) is 11.5. The fraction of sp³-hybridized carbons (Fsp3) is 0.536. The molecule has 35 heavy (non-hydrogen) atoms. The number of aryl methyl sites for hydroxylation is 1. The first kappa shape index (κ1) is 27.5. The molecule has 7 heteroatoms. The predicted molar refractivity (Wildman–Crippen MR) is 143 cm³/mol. The smallest absolute Gasteiger partial charge is 0.229 e. The number of hydrogen-bond acceptors (Lipinski definition) is 5. The molecule has 2 aromatic rings. The van der Waals surface area contributed by atoms with E-state index >= 15 is 0 Å². The molecule has 2 aliphatic rings. The van der Waals surface area contributed by atoms with Gasteiger partial charge >= 0.3 is 0 Å². The molecule has 3 N–H and O–H groups in total. The Kier molecular flexibility index (Phi) is 10.4. The second-order valence-electron chi connectivity index (χ2n) is 9.87. The SMILES string of the molecule is Cc1cc(N(C)C(=O)C2CCCCC2)ccc1CN1CCN[C@@H](C)C1.OCc1cc(O)ccc1Cl. The van der Waals surface area contributed by atoms with Gasteiger partial charge < -0.3 is 20.4 Å². The maximum absolute atomic E-state index is 12.8. The number of halogens is 1. The van der Waals surface area contributed by atoms with Crippen LogP contribution in [0.1, 0.15) is 55.7 Å². The maximum Gasteiger partial charge on any atom is 0.229 e. The van der Waals surface area contributed by atoms with Gasteiger partial charge in [-0.15, -0.1) is 0 Å². The molecule has 1 amide bonds. The summed E-state index contributed by atoms with van der Waals surface area (Å²) in [5, 5.41) is 21.5. The van der Waals surface area contributed by atoms with Crippen LogP contribution in [0.3, 0.4) is 0 Å². The molecule has 1 aliphatic heterocycles. The molecule has 0 radical (unpaired) electrons. The van der Waals surface area contributed by atoms with Crippen molar-refractivity contribution in [3.05, 3.63) is 58.1 Å². The Morgan fingerprint density at radius 3 is 2.51 bits per heavy atom. The van der Waals surface area contributed by atoms with Gasteiger partial charge in [-0.05, 0) is 73.7 Å². The summed E-state index contributed by atoms with van der Waals surface area (Å²) in [7, 11) is 1.93. The molecule has 4 rings (SSSR count). The number of nitrogens with zero attached hydrogens (tertiary/aromatic N) is 2. The molecule has 192 valence electrons. The highest BCUT2D eigenvalue weighted by atomic mass is 35.5. The zero-order valence-corrected chi connectivity index (χ0v) is 22.0. The Hall–Kier alpha value is -2.12. The summed E-state index contributed by atoms with van der Waals surface area (Å²) in [6.07, 6.45) is 5.80. The van der Waals surface area contributed by atoms with Gasteiger partial charge in [0.15, 0.2) is 0 Å². The maximum atomic E-state index is 12.8. The average molecular weight is 502 g/mol. The van der Waals surface area contributed by atoms with E-state index in [0.717, 1.165) is 44.7 Å². The minimum Gasteiger partial charge on any atom is -0.508 e. The second-order valence-corrected chi connectivity index (χ2v) is 10.3. The Morgan fingerprint density at radius 2 is 1.89 bits per heavy atom. The molecule has 1 atom stereocenters. The number of rotatable bonds is 5. The number of aliphatic hydroxyl groups excluding tert-OH is 1. The second kappa shape index (κ2) is 13.3.